The largest absolute Gasteiger partial charge is 0.379 e. The average Bonchev–Trinajstić information content (AvgIpc) is 2.45. The van der Waals surface area contributed by atoms with Crippen LogP contribution in [0.3, 0.4) is 0 Å². The average molecular weight is 319 g/mol. The number of ether oxygens (including phenoxy) is 1. The molecule has 18 heavy (non-hydrogen) atoms. The highest BCUT2D eigenvalue weighted by Crippen LogP contribution is 2.22. The lowest BCUT2D eigenvalue weighted by molar-refractivity contribution is 0.0299. The van der Waals surface area contributed by atoms with E-state index in [-0.39, 0.29) is 0 Å². The van der Waals surface area contributed by atoms with E-state index in [1.807, 2.05) is 0 Å². The van der Waals surface area contributed by atoms with Crippen molar-refractivity contribution in [3.63, 3.8) is 0 Å². The Morgan fingerprint density at radius 2 is 1.78 bits per heavy atom. The third-order valence-electron chi connectivity index (χ3n) is 4.27. The smallest absolute Gasteiger partial charge is 0.0594 e. The maximum atomic E-state index is 5.41. The van der Waals surface area contributed by atoms with Crippen LogP contribution in [0.1, 0.15) is 32.1 Å². The molecule has 0 radical (unpaired) electrons. The van der Waals surface area contributed by atoms with E-state index in [9.17, 15) is 0 Å². The number of morpholine rings is 1. The summed E-state index contributed by atoms with van der Waals surface area (Å²) in [6.45, 7) is 7.72. The molecule has 0 spiro atoms. The van der Waals surface area contributed by atoms with Crippen molar-refractivity contribution >= 4 is 15.9 Å². The summed E-state index contributed by atoms with van der Waals surface area (Å²) in [5.74, 6) is 0. The maximum absolute atomic E-state index is 5.41. The Morgan fingerprint density at radius 1 is 1.06 bits per heavy atom. The van der Waals surface area contributed by atoms with Gasteiger partial charge in [-0.15, -0.1) is 0 Å². The number of hydrogen-bond donors (Lipinski definition) is 0. The summed E-state index contributed by atoms with van der Waals surface area (Å²) in [6.07, 6.45) is 7.14. The molecule has 2 rings (SSSR count). The van der Waals surface area contributed by atoms with Gasteiger partial charge in [-0.2, -0.15) is 0 Å². The summed E-state index contributed by atoms with van der Waals surface area (Å²) in [7, 11) is 0. The van der Waals surface area contributed by atoms with E-state index in [1.54, 1.807) is 0 Å². The van der Waals surface area contributed by atoms with E-state index in [2.05, 4.69) is 25.7 Å². The van der Waals surface area contributed by atoms with Crippen LogP contribution >= 0.6 is 15.9 Å². The molecule has 2 aliphatic rings. The Labute approximate surface area is 120 Å². The van der Waals surface area contributed by atoms with Crippen molar-refractivity contribution < 1.29 is 4.74 Å². The van der Waals surface area contributed by atoms with Gasteiger partial charge in [-0.25, -0.2) is 0 Å². The van der Waals surface area contributed by atoms with Crippen molar-refractivity contribution in [3.8, 4) is 0 Å². The molecule has 1 saturated heterocycles. The molecule has 0 aromatic heterocycles. The highest BCUT2D eigenvalue weighted by molar-refractivity contribution is 9.09. The molecule has 0 bridgehead atoms. The molecule has 0 aromatic rings. The van der Waals surface area contributed by atoms with Crippen LogP contribution in [0.15, 0.2) is 0 Å². The Balaban J connectivity index is 1.73. The van der Waals surface area contributed by atoms with E-state index in [0.29, 0.717) is 0 Å². The fraction of sp³-hybridized carbons (Fsp3) is 1.00. The van der Waals surface area contributed by atoms with Crippen molar-refractivity contribution in [3.05, 3.63) is 0 Å². The number of halogens is 1. The first-order valence-electron chi connectivity index (χ1n) is 7.50. The van der Waals surface area contributed by atoms with Gasteiger partial charge in [-0.3, -0.25) is 9.80 Å². The zero-order chi connectivity index (χ0) is 12.6. The summed E-state index contributed by atoms with van der Waals surface area (Å²) in [6, 6.07) is 0.845. The van der Waals surface area contributed by atoms with Crippen LogP contribution in [-0.4, -0.2) is 67.1 Å². The van der Waals surface area contributed by atoms with Crippen LogP contribution in [0.5, 0.6) is 0 Å². The van der Waals surface area contributed by atoms with E-state index >= 15 is 0 Å². The van der Waals surface area contributed by atoms with E-state index < -0.39 is 0 Å². The fourth-order valence-corrected chi connectivity index (χ4v) is 3.58. The summed E-state index contributed by atoms with van der Waals surface area (Å²) >= 11 is 3.61. The van der Waals surface area contributed by atoms with Crippen molar-refractivity contribution in [2.45, 2.75) is 38.1 Å². The topological polar surface area (TPSA) is 15.7 Å². The molecular formula is C14H27BrN2O. The van der Waals surface area contributed by atoms with Gasteiger partial charge in [0, 0.05) is 44.1 Å². The highest BCUT2D eigenvalue weighted by Gasteiger charge is 2.21. The Bertz CT molecular complexity index is 216. The summed E-state index contributed by atoms with van der Waals surface area (Å²) in [5.41, 5.74) is 0. The predicted octanol–water partition coefficient (Wildman–Crippen LogP) is 2.35. The van der Waals surface area contributed by atoms with Crippen LogP contribution in [0.25, 0.3) is 0 Å². The van der Waals surface area contributed by atoms with Gasteiger partial charge in [0.2, 0.25) is 0 Å². The van der Waals surface area contributed by atoms with Crippen LogP contribution in [0.4, 0.5) is 0 Å². The van der Waals surface area contributed by atoms with Gasteiger partial charge in [0.05, 0.1) is 13.2 Å². The lowest BCUT2D eigenvalue weighted by Gasteiger charge is -2.36. The lowest BCUT2D eigenvalue weighted by atomic mass is 9.94. The molecule has 106 valence electrons. The number of rotatable bonds is 6. The zero-order valence-corrected chi connectivity index (χ0v) is 13.0. The molecule has 0 atom stereocenters. The quantitative estimate of drug-likeness (QED) is 0.699. The molecule has 0 unspecified atom stereocenters. The molecule has 2 fully saturated rings. The van der Waals surface area contributed by atoms with E-state index in [1.165, 1.54) is 51.7 Å². The molecule has 1 heterocycles. The molecule has 1 saturated carbocycles. The third-order valence-corrected chi connectivity index (χ3v) is 4.62. The zero-order valence-electron chi connectivity index (χ0n) is 11.5. The standard InChI is InChI=1S/C14H27BrN2O/c15-6-7-17(14-4-2-1-3-5-14)9-8-16-10-12-18-13-11-16/h14H,1-13H2. The Kier molecular flexibility index (Phi) is 6.98. The lowest BCUT2D eigenvalue weighted by Crippen LogP contribution is -2.45. The SMILES string of the molecule is BrCCN(CCN1CCOCC1)C1CCCCC1. The number of hydrogen-bond acceptors (Lipinski definition) is 3. The molecule has 0 amide bonds. The van der Waals surface area contributed by atoms with Crippen LogP contribution in [0, 0.1) is 0 Å². The van der Waals surface area contributed by atoms with Gasteiger partial charge in [0.1, 0.15) is 0 Å². The highest BCUT2D eigenvalue weighted by atomic mass is 79.9. The van der Waals surface area contributed by atoms with Crippen molar-refractivity contribution in [1.29, 1.82) is 0 Å². The minimum atomic E-state index is 0.845. The Morgan fingerprint density at radius 3 is 2.44 bits per heavy atom. The van der Waals surface area contributed by atoms with Gasteiger partial charge in [-0.05, 0) is 12.8 Å². The minimum Gasteiger partial charge on any atom is -0.379 e. The second kappa shape index (κ2) is 8.51. The molecule has 1 aliphatic heterocycles. The summed E-state index contributed by atoms with van der Waals surface area (Å²) in [4.78, 5) is 5.26. The first kappa shape index (κ1) is 14.8. The molecule has 1 aliphatic carbocycles. The van der Waals surface area contributed by atoms with Gasteiger partial charge >= 0.3 is 0 Å². The fourth-order valence-electron chi connectivity index (χ4n) is 3.13. The maximum Gasteiger partial charge on any atom is 0.0594 e. The van der Waals surface area contributed by atoms with Gasteiger partial charge in [0.25, 0.3) is 0 Å². The second-order valence-corrected chi connectivity index (χ2v) is 6.26. The summed E-state index contributed by atoms with van der Waals surface area (Å²) < 4.78 is 5.41. The molecule has 0 aromatic carbocycles. The monoisotopic (exact) mass is 318 g/mol. The molecular weight excluding hydrogens is 292 g/mol. The first-order valence-corrected chi connectivity index (χ1v) is 8.62. The third kappa shape index (κ3) is 4.80. The van der Waals surface area contributed by atoms with Gasteiger partial charge in [0.15, 0.2) is 0 Å². The molecule has 0 N–H and O–H groups in total. The van der Waals surface area contributed by atoms with Gasteiger partial charge in [-0.1, -0.05) is 35.2 Å². The summed E-state index contributed by atoms with van der Waals surface area (Å²) in [5, 5.41) is 1.10. The number of alkyl halides is 1. The second-order valence-electron chi connectivity index (χ2n) is 5.47. The van der Waals surface area contributed by atoms with Crippen molar-refractivity contribution in [2.75, 3.05) is 51.3 Å². The number of nitrogens with zero attached hydrogens (tertiary/aromatic N) is 2. The van der Waals surface area contributed by atoms with E-state index in [4.69, 9.17) is 4.74 Å². The Hall–Kier alpha value is 0.360. The molecule has 3 nitrogen and oxygen atoms in total. The predicted molar refractivity (Wildman–Crippen MR) is 79.5 cm³/mol. The van der Waals surface area contributed by atoms with Crippen LogP contribution < -0.4 is 0 Å². The van der Waals surface area contributed by atoms with Gasteiger partial charge < -0.3 is 4.74 Å². The van der Waals surface area contributed by atoms with Crippen LogP contribution in [0.2, 0.25) is 0 Å². The minimum absolute atomic E-state index is 0.845. The first-order chi connectivity index (χ1) is 8.90. The molecule has 4 heteroatoms. The van der Waals surface area contributed by atoms with Crippen molar-refractivity contribution in [1.82, 2.24) is 9.80 Å². The van der Waals surface area contributed by atoms with Crippen molar-refractivity contribution in [2.24, 2.45) is 0 Å². The van der Waals surface area contributed by atoms with Crippen LogP contribution in [-0.2, 0) is 4.74 Å². The normalized spacial score (nSPS) is 23.7. The van der Waals surface area contributed by atoms with E-state index in [0.717, 1.165) is 37.7 Å².